The molecule has 2 N–H and O–H groups in total. The fourth-order valence-corrected chi connectivity index (χ4v) is 4.63. The number of aliphatic hydroxyl groups is 1. The van der Waals surface area contributed by atoms with Crippen LogP contribution < -0.4 is 4.74 Å². The van der Waals surface area contributed by atoms with Gasteiger partial charge in [-0.25, -0.2) is 13.2 Å². The molecule has 156 valence electrons. The van der Waals surface area contributed by atoms with Crippen molar-refractivity contribution in [3.63, 3.8) is 0 Å². The summed E-state index contributed by atoms with van der Waals surface area (Å²) in [6.07, 6.45) is 3.23. The molecule has 1 fully saturated rings. The van der Waals surface area contributed by atoms with Gasteiger partial charge in [0, 0.05) is 25.5 Å². The number of carboxylic acid groups (broad SMARTS) is 1. The number of pyridine rings is 1. The van der Waals surface area contributed by atoms with Crippen LogP contribution in [0.2, 0.25) is 0 Å². The number of hydrogen-bond acceptors (Lipinski definition) is 6. The minimum Gasteiger partial charge on any atom is -0.478 e. The number of sulfonamides is 1. The van der Waals surface area contributed by atoms with E-state index in [9.17, 15) is 23.4 Å². The molecule has 2 heterocycles. The molecule has 3 rings (SSSR count). The molecule has 9 heteroatoms. The minimum atomic E-state index is -3.67. The third kappa shape index (κ3) is 4.42. The summed E-state index contributed by atoms with van der Waals surface area (Å²) in [5, 5.41) is 20.4. The summed E-state index contributed by atoms with van der Waals surface area (Å²) in [6.45, 7) is 3.19. The number of piperidine rings is 1. The van der Waals surface area contributed by atoms with Gasteiger partial charge in [-0.3, -0.25) is 4.98 Å². The van der Waals surface area contributed by atoms with Gasteiger partial charge in [-0.1, -0.05) is 12.1 Å². The van der Waals surface area contributed by atoms with Gasteiger partial charge in [0.1, 0.15) is 10.6 Å². The fourth-order valence-electron chi connectivity index (χ4n) is 3.22. The van der Waals surface area contributed by atoms with E-state index in [1.54, 1.807) is 30.3 Å². The molecule has 1 saturated heterocycles. The maximum Gasteiger partial charge on any atom is 0.347 e. The van der Waals surface area contributed by atoms with Crippen LogP contribution in [0.4, 0.5) is 0 Å². The molecular weight excluding hydrogens is 396 g/mol. The Kier molecular flexibility index (Phi) is 5.66. The number of rotatable bonds is 6. The average molecular weight is 420 g/mol. The van der Waals surface area contributed by atoms with Gasteiger partial charge in [0.05, 0.1) is 5.60 Å². The van der Waals surface area contributed by atoms with Crippen LogP contribution >= 0.6 is 0 Å². The van der Waals surface area contributed by atoms with E-state index < -0.39 is 27.2 Å². The monoisotopic (exact) mass is 420 g/mol. The number of nitrogens with zero attached hydrogens (tertiary/aromatic N) is 2. The molecule has 29 heavy (non-hydrogen) atoms. The van der Waals surface area contributed by atoms with Crippen molar-refractivity contribution in [2.75, 3.05) is 13.1 Å². The Morgan fingerprint density at radius 2 is 1.90 bits per heavy atom. The third-order valence-corrected chi connectivity index (χ3v) is 6.96. The van der Waals surface area contributed by atoms with E-state index in [0.717, 1.165) is 0 Å². The molecule has 0 spiro atoms. The quantitative estimate of drug-likeness (QED) is 0.734. The zero-order valence-corrected chi connectivity index (χ0v) is 17.1. The summed E-state index contributed by atoms with van der Waals surface area (Å²) in [6, 6.07) is 9.70. The predicted molar refractivity (Wildman–Crippen MR) is 105 cm³/mol. The van der Waals surface area contributed by atoms with Crippen molar-refractivity contribution in [2.45, 2.75) is 42.8 Å². The molecule has 0 bridgehead atoms. The Morgan fingerprint density at radius 3 is 2.48 bits per heavy atom. The third-order valence-electron chi connectivity index (χ3n) is 5.08. The summed E-state index contributed by atoms with van der Waals surface area (Å²) in [7, 11) is -3.67. The van der Waals surface area contributed by atoms with Gasteiger partial charge in [-0.05, 0) is 56.5 Å². The van der Waals surface area contributed by atoms with E-state index in [1.165, 1.54) is 36.6 Å². The van der Waals surface area contributed by atoms with Crippen LogP contribution in [0.3, 0.4) is 0 Å². The number of hydrogen-bond donors (Lipinski definition) is 2. The maximum atomic E-state index is 12.7. The first-order valence-electron chi connectivity index (χ1n) is 9.20. The molecule has 0 atom stereocenters. The lowest BCUT2D eigenvalue weighted by atomic mass is 9.85. The molecule has 0 saturated carbocycles. The second kappa shape index (κ2) is 7.74. The lowest BCUT2D eigenvalue weighted by Gasteiger charge is -2.38. The van der Waals surface area contributed by atoms with Crippen molar-refractivity contribution in [1.29, 1.82) is 0 Å². The van der Waals surface area contributed by atoms with Crippen LogP contribution in [0.5, 0.6) is 5.75 Å². The zero-order chi connectivity index (χ0) is 21.3. The van der Waals surface area contributed by atoms with Crippen molar-refractivity contribution in [2.24, 2.45) is 0 Å². The molecule has 0 aliphatic carbocycles. The largest absolute Gasteiger partial charge is 0.478 e. The lowest BCUT2D eigenvalue weighted by molar-refractivity contribution is -0.152. The Balaban J connectivity index is 1.76. The number of aliphatic carboxylic acids is 1. The highest BCUT2D eigenvalue weighted by atomic mass is 32.2. The number of aromatic nitrogens is 1. The minimum absolute atomic E-state index is 0.122. The fraction of sp³-hybridized carbons (Fsp3) is 0.400. The van der Waals surface area contributed by atoms with Crippen LogP contribution in [0.1, 0.15) is 32.3 Å². The van der Waals surface area contributed by atoms with Crippen molar-refractivity contribution < 1.29 is 28.2 Å². The van der Waals surface area contributed by atoms with E-state index in [0.29, 0.717) is 11.3 Å². The Hall–Kier alpha value is -2.49. The predicted octanol–water partition coefficient (Wildman–Crippen LogP) is 2.00. The lowest BCUT2D eigenvalue weighted by Crippen LogP contribution is -2.45. The van der Waals surface area contributed by atoms with Crippen LogP contribution in [-0.2, 0) is 20.4 Å². The van der Waals surface area contributed by atoms with Crippen LogP contribution in [0, 0.1) is 0 Å². The van der Waals surface area contributed by atoms with E-state index in [1.807, 2.05) is 0 Å². The second-order valence-electron chi connectivity index (χ2n) is 7.57. The highest BCUT2D eigenvalue weighted by molar-refractivity contribution is 7.89. The van der Waals surface area contributed by atoms with Gasteiger partial charge < -0.3 is 14.9 Å². The Morgan fingerprint density at radius 1 is 1.21 bits per heavy atom. The van der Waals surface area contributed by atoms with E-state index in [4.69, 9.17) is 4.74 Å². The van der Waals surface area contributed by atoms with Gasteiger partial charge in [-0.2, -0.15) is 4.31 Å². The molecule has 2 aromatic rings. The first-order chi connectivity index (χ1) is 13.5. The first-order valence-corrected chi connectivity index (χ1v) is 10.6. The van der Waals surface area contributed by atoms with Gasteiger partial charge in [0.25, 0.3) is 0 Å². The van der Waals surface area contributed by atoms with E-state index in [2.05, 4.69) is 4.98 Å². The standard InChI is InChI=1S/C20H24N2O6S/c1-19(2,18(23)24)28-16-6-3-5-15(13-16)20(25)8-11-22(12-9-20)29(26,27)17-7-4-10-21-14-17/h3-7,10,13-14,25H,8-9,11-12H2,1-2H3,(H,23,24). The molecule has 1 aromatic heterocycles. The van der Waals surface area contributed by atoms with Gasteiger partial charge in [0.15, 0.2) is 5.60 Å². The van der Waals surface area contributed by atoms with Crippen molar-refractivity contribution >= 4 is 16.0 Å². The number of benzene rings is 1. The van der Waals surface area contributed by atoms with Crippen LogP contribution in [0.25, 0.3) is 0 Å². The Labute approximate surface area is 169 Å². The summed E-state index contributed by atoms with van der Waals surface area (Å²) >= 11 is 0. The zero-order valence-electron chi connectivity index (χ0n) is 16.3. The van der Waals surface area contributed by atoms with Crippen molar-refractivity contribution in [1.82, 2.24) is 9.29 Å². The first kappa shape index (κ1) is 21.2. The average Bonchev–Trinajstić information content (AvgIpc) is 2.69. The van der Waals surface area contributed by atoms with Gasteiger partial charge in [-0.15, -0.1) is 0 Å². The Bertz CT molecular complexity index is 983. The van der Waals surface area contributed by atoms with Crippen molar-refractivity contribution in [3.8, 4) is 5.75 Å². The normalized spacial score (nSPS) is 17.6. The number of carboxylic acids is 1. The molecular formula is C20H24N2O6S. The van der Waals surface area contributed by atoms with Crippen LogP contribution in [0.15, 0.2) is 53.7 Å². The summed E-state index contributed by atoms with van der Waals surface area (Å²) in [5.41, 5.74) is -2.08. The molecule has 1 aromatic carbocycles. The summed E-state index contributed by atoms with van der Waals surface area (Å²) < 4.78 is 32.4. The van der Waals surface area contributed by atoms with Crippen molar-refractivity contribution in [3.05, 3.63) is 54.4 Å². The van der Waals surface area contributed by atoms with Gasteiger partial charge >= 0.3 is 5.97 Å². The molecule has 1 aliphatic heterocycles. The molecule has 0 radical (unpaired) electrons. The number of carbonyl (C=O) groups is 1. The highest BCUT2D eigenvalue weighted by Crippen LogP contribution is 2.36. The SMILES string of the molecule is CC(C)(Oc1cccc(C2(O)CCN(S(=O)(=O)c3cccnc3)CC2)c1)C(=O)O. The van der Waals surface area contributed by atoms with Gasteiger partial charge in [0.2, 0.25) is 10.0 Å². The number of ether oxygens (including phenoxy) is 1. The van der Waals surface area contributed by atoms with E-state index >= 15 is 0 Å². The smallest absolute Gasteiger partial charge is 0.347 e. The second-order valence-corrected chi connectivity index (χ2v) is 9.51. The van der Waals surface area contributed by atoms with Crippen LogP contribution in [-0.4, -0.2) is 52.6 Å². The maximum absolute atomic E-state index is 12.7. The molecule has 0 unspecified atom stereocenters. The summed E-state index contributed by atoms with van der Waals surface area (Å²) in [5.74, 6) is -0.774. The molecule has 8 nitrogen and oxygen atoms in total. The topological polar surface area (TPSA) is 117 Å². The van der Waals surface area contributed by atoms with E-state index in [-0.39, 0.29) is 30.8 Å². The highest BCUT2D eigenvalue weighted by Gasteiger charge is 2.39. The molecule has 0 amide bonds. The summed E-state index contributed by atoms with van der Waals surface area (Å²) in [4.78, 5) is 15.3. The molecule has 1 aliphatic rings.